The monoisotopic (exact) mass is 584 g/mol. The zero-order chi connectivity index (χ0) is 30.1. The predicted molar refractivity (Wildman–Crippen MR) is 137 cm³/mol. The highest BCUT2D eigenvalue weighted by Gasteiger charge is 2.50. The fraction of sp³-hybridized carbons (Fsp3) is 0.483. The molecule has 1 amide bonds. The van der Waals surface area contributed by atoms with Gasteiger partial charge < -0.3 is 9.47 Å². The molecule has 1 aliphatic carbocycles. The van der Waals surface area contributed by atoms with Gasteiger partial charge in [0.1, 0.15) is 6.54 Å². The molecule has 0 spiro atoms. The zero-order valence-corrected chi connectivity index (χ0v) is 22.5. The summed E-state index contributed by atoms with van der Waals surface area (Å²) in [6.07, 6.45) is -8.05. The first kappa shape index (κ1) is 30.5. The van der Waals surface area contributed by atoms with E-state index in [2.05, 4.69) is 4.99 Å². The smallest absolute Gasteiger partial charge is 0.416 e. The van der Waals surface area contributed by atoms with Crippen molar-refractivity contribution >= 4 is 18.2 Å². The molecule has 1 saturated carbocycles. The van der Waals surface area contributed by atoms with Gasteiger partial charge in [-0.3, -0.25) is 19.5 Å². The Morgan fingerprint density at radius 2 is 1.56 bits per heavy atom. The molecule has 1 aliphatic heterocycles. The Hall–Kier alpha value is -3.41. The maximum atomic E-state index is 13.4. The highest BCUT2D eigenvalue weighted by atomic mass is 19.4. The number of benzene rings is 2. The zero-order valence-electron chi connectivity index (χ0n) is 22.5. The number of methoxy groups -OCH3 is 1. The highest BCUT2D eigenvalue weighted by molar-refractivity contribution is 5.95. The lowest BCUT2D eigenvalue weighted by Crippen LogP contribution is -2.56. The highest BCUT2D eigenvalue weighted by Crippen LogP contribution is 2.48. The lowest BCUT2D eigenvalue weighted by atomic mass is 9.63. The van der Waals surface area contributed by atoms with Gasteiger partial charge in [0.2, 0.25) is 5.91 Å². The third-order valence-electron chi connectivity index (χ3n) is 8.12. The number of carbonyl (C=O) groups excluding carboxylic acids is 2. The Labute approximate surface area is 233 Å². The van der Waals surface area contributed by atoms with Gasteiger partial charge in [-0.1, -0.05) is 30.3 Å². The van der Waals surface area contributed by atoms with E-state index >= 15 is 0 Å². The number of ether oxygens (including phenoxy) is 2. The van der Waals surface area contributed by atoms with E-state index in [4.69, 9.17) is 9.47 Å². The van der Waals surface area contributed by atoms with Crippen LogP contribution in [0, 0.1) is 0 Å². The quantitative estimate of drug-likeness (QED) is 0.263. The van der Waals surface area contributed by atoms with Crippen LogP contribution < -0.4 is 0 Å². The molecule has 2 aliphatic rings. The SMILES string of the molecule is COC(=O)CC1(N2C=NCC2=O)CCC(CO[C@H](C)c2cc(C(F)(F)F)cc(C(F)(F)F)c2)(c2ccccc2)CC1. The van der Waals surface area contributed by atoms with Crippen molar-refractivity contribution in [3.8, 4) is 0 Å². The topological polar surface area (TPSA) is 68.2 Å². The normalized spacial score (nSPS) is 24.0. The van der Waals surface area contributed by atoms with Crippen molar-refractivity contribution in [3.63, 3.8) is 0 Å². The number of hydrogen-bond acceptors (Lipinski definition) is 5. The standard InChI is InChI=1S/C29H30F6N2O4/c1-19(20-12-22(28(30,31)32)14-23(13-20)29(33,34)35)41-17-26(21-6-4-3-5-7-21)8-10-27(11-9-26,15-25(39)40-2)37-18-36-16-24(37)38/h3-7,12-14,18-19H,8-11,15-17H2,1-2H3/t19-,26?,27?/m1/s1. The average molecular weight is 585 g/mol. The van der Waals surface area contributed by atoms with Gasteiger partial charge in [-0.2, -0.15) is 26.3 Å². The summed E-state index contributed by atoms with van der Waals surface area (Å²) in [5.74, 6) is -0.726. The molecule has 6 nitrogen and oxygen atoms in total. The summed E-state index contributed by atoms with van der Waals surface area (Å²) in [5, 5.41) is 0. The van der Waals surface area contributed by atoms with Crippen molar-refractivity contribution in [2.24, 2.45) is 4.99 Å². The second kappa shape index (κ2) is 11.5. The molecule has 1 atom stereocenters. The van der Waals surface area contributed by atoms with Gasteiger partial charge in [-0.25, -0.2) is 0 Å². The van der Waals surface area contributed by atoms with Crippen LogP contribution in [0.5, 0.6) is 0 Å². The number of nitrogens with zero attached hydrogens (tertiary/aromatic N) is 2. The molecule has 1 heterocycles. The number of esters is 1. The van der Waals surface area contributed by atoms with Crippen LogP contribution in [0.15, 0.2) is 53.5 Å². The molecule has 0 aromatic heterocycles. The Morgan fingerprint density at radius 3 is 2.05 bits per heavy atom. The van der Waals surface area contributed by atoms with Crippen molar-refractivity contribution in [2.75, 3.05) is 20.3 Å². The maximum absolute atomic E-state index is 13.4. The lowest BCUT2D eigenvalue weighted by Gasteiger charge is -2.49. The minimum absolute atomic E-state index is 0.00782. The second-order valence-electron chi connectivity index (χ2n) is 10.6. The van der Waals surface area contributed by atoms with Gasteiger partial charge in [0.15, 0.2) is 0 Å². The molecule has 12 heteroatoms. The van der Waals surface area contributed by atoms with Crippen molar-refractivity contribution in [2.45, 2.75) is 68.4 Å². The van der Waals surface area contributed by atoms with Crippen LogP contribution in [0.1, 0.15) is 67.4 Å². The molecular weight excluding hydrogens is 554 g/mol. The molecule has 0 N–H and O–H groups in total. The molecule has 0 unspecified atom stereocenters. The summed E-state index contributed by atoms with van der Waals surface area (Å²) in [5.41, 5.74) is -3.74. The molecule has 222 valence electrons. The van der Waals surface area contributed by atoms with Crippen molar-refractivity contribution in [1.29, 1.82) is 0 Å². The molecule has 0 saturated heterocycles. The minimum atomic E-state index is -4.97. The molecular formula is C29H30F6N2O4. The van der Waals surface area contributed by atoms with Gasteiger partial charge in [0.05, 0.1) is 49.2 Å². The van der Waals surface area contributed by atoms with E-state index in [1.807, 2.05) is 30.3 Å². The molecule has 2 aromatic carbocycles. The van der Waals surface area contributed by atoms with Gasteiger partial charge >= 0.3 is 18.3 Å². The van der Waals surface area contributed by atoms with E-state index in [-0.39, 0.29) is 37.1 Å². The van der Waals surface area contributed by atoms with Crippen molar-refractivity contribution < 1.29 is 45.4 Å². The first-order valence-corrected chi connectivity index (χ1v) is 13.0. The molecule has 0 bridgehead atoms. The molecule has 0 radical (unpaired) electrons. The van der Waals surface area contributed by atoms with E-state index in [0.29, 0.717) is 37.8 Å². The van der Waals surface area contributed by atoms with Crippen LogP contribution in [0.2, 0.25) is 0 Å². The first-order valence-electron chi connectivity index (χ1n) is 13.0. The molecule has 1 fully saturated rings. The number of rotatable bonds is 8. The van der Waals surface area contributed by atoms with E-state index in [1.54, 1.807) is 0 Å². The van der Waals surface area contributed by atoms with E-state index < -0.39 is 46.5 Å². The summed E-state index contributed by atoms with van der Waals surface area (Å²) >= 11 is 0. The third-order valence-corrected chi connectivity index (χ3v) is 8.12. The molecule has 4 rings (SSSR count). The Balaban J connectivity index is 1.62. The van der Waals surface area contributed by atoms with Crippen LogP contribution in [-0.2, 0) is 36.8 Å². The minimum Gasteiger partial charge on any atom is -0.469 e. The number of aliphatic imine (C=N–C) groups is 1. The maximum Gasteiger partial charge on any atom is 0.416 e. The van der Waals surface area contributed by atoms with Gasteiger partial charge in [0, 0.05) is 5.41 Å². The van der Waals surface area contributed by atoms with E-state index in [1.165, 1.54) is 25.3 Å². The lowest BCUT2D eigenvalue weighted by molar-refractivity contribution is -0.146. The van der Waals surface area contributed by atoms with Gasteiger partial charge in [-0.15, -0.1) is 0 Å². The predicted octanol–water partition coefficient (Wildman–Crippen LogP) is 6.49. The fourth-order valence-electron chi connectivity index (χ4n) is 5.67. The van der Waals surface area contributed by atoms with Crippen LogP contribution in [0.4, 0.5) is 26.3 Å². The number of hydrogen-bond donors (Lipinski definition) is 0. The number of carbonyl (C=O) groups is 2. The Morgan fingerprint density at radius 1 is 0.976 bits per heavy atom. The summed E-state index contributed by atoms with van der Waals surface area (Å²) < 4.78 is 91.5. The van der Waals surface area contributed by atoms with E-state index in [9.17, 15) is 35.9 Å². The summed E-state index contributed by atoms with van der Waals surface area (Å²) in [6, 6.07) is 10.7. The Bertz CT molecular complexity index is 1250. The fourth-order valence-corrected chi connectivity index (χ4v) is 5.67. The molecule has 41 heavy (non-hydrogen) atoms. The Kier molecular flexibility index (Phi) is 8.54. The van der Waals surface area contributed by atoms with Crippen LogP contribution in [0.25, 0.3) is 0 Å². The number of alkyl halides is 6. The summed E-state index contributed by atoms with van der Waals surface area (Å²) in [4.78, 5) is 30.5. The van der Waals surface area contributed by atoms with E-state index in [0.717, 1.165) is 5.56 Å². The average Bonchev–Trinajstić information content (AvgIpc) is 3.38. The molecule has 2 aromatic rings. The van der Waals surface area contributed by atoms with Gasteiger partial charge in [-0.05, 0) is 61.9 Å². The number of amides is 1. The first-order chi connectivity index (χ1) is 19.2. The van der Waals surface area contributed by atoms with Crippen LogP contribution >= 0.6 is 0 Å². The van der Waals surface area contributed by atoms with Crippen LogP contribution in [0.3, 0.4) is 0 Å². The number of halogens is 6. The second-order valence-corrected chi connectivity index (χ2v) is 10.6. The van der Waals surface area contributed by atoms with Crippen LogP contribution in [-0.4, -0.2) is 48.9 Å². The summed E-state index contributed by atoms with van der Waals surface area (Å²) in [6.45, 7) is 1.38. The summed E-state index contributed by atoms with van der Waals surface area (Å²) in [7, 11) is 1.26. The van der Waals surface area contributed by atoms with Gasteiger partial charge in [0.25, 0.3) is 0 Å². The van der Waals surface area contributed by atoms with Crippen molar-refractivity contribution in [1.82, 2.24) is 4.90 Å². The van der Waals surface area contributed by atoms with Crippen molar-refractivity contribution in [3.05, 3.63) is 70.8 Å². The third kappa shape index (κ3) is 6.58. The largest absolute Gasteiger partial charge is 0.469 e.